The Morgan fingerprint density at radius 1 is 0.974 bits per heavy atom. The Morgan fingerprint density at radius 2 is 1.64 bits per heavy atom. The summed E-state index contributed by atoms with van der Waals surface area (Å²) < 4.78 is 7.27. The molecule has 0 aliphatic rings. The number of amides is 2. The molecule has 4 aromatic rings. The van der Waals surface area contributed by atoms with E-state index in [0.717, 1.165) is 22.6 Å². The third kappa shape index (κ3) is 5.98. The normalized spacial score (nSPS) is 12.0. The Balaban J connectivity index is 1.88. The van der Waals surface area contributed by atoms with Crippen LogP contribution in [0.3, 0.4) is 0 Å². The molecule has 0 saturated heterocycles. The van der Waals surface area contributed by atoms with Crippen molar-refractivity contribution in [2.45, 2.75) is 54.0 Å². The highest BCUT2D eigenvalue weighted by Crippen LogP contribution is 2.29. The molecular weight excluding hydrogens is 488 g/mol. The number of benzene rings is 3. The second-order valence-corrected chi connectivity index (χ2v) is 10.2. The molecule has 2 amide bonds. The first-order chi connectivity index (χ1) is 18.7. The van der Waals surface area contributed by atoms with E-state index in [9.17, 15) is 9.59 Å². The Labute approximate surface area is 230 Å². The molecule has 204 valence electrons. The smallest absolute Gasteiger partial charge is 0.322 e. The molecule has 1 aromatic heterocycles. The van der Waals surface area contributed by atoms with Gasteiger partial charge in [0.25, 0.3) is 5.56 Å². The van der Waals surface area contributed by atoms with Crippen LogP contribution >= 0.6 is 0 Å². The van der Waals surface area contributed by atoms with Crippen LogP contribution in [0.5, 0.6) is 5.75 Å². The molecule has 4 rings (SSSR count). The molecule has 7 heteroatoms. The van der Waals surface area contributed by atoms with Gasteiger partial charge < -0.3 is 15.0 Å². The number of urea groups is 1. The zero-order valence-electron chi connectivity index (χ0n) is 23.7. The zero-order chi connectivity index (χ0) is 28.1. The number of para-hydroxylation sites is 2. The van der Waals surface area contributed by atoms with Gasteiger partial charge in [-0.25, -0.2) is 9.78 Å². The minimum atomic E-state index is -0.444. The van der Waals surface area contributed by atoms with Crippen molar-refractivity contribution < 1.29 is 9.53 Å². The molecule has 39 heavy (non-hydrogen) atoms. The van der Waals surface area contributed by atoms with Gasteiger partial charge in [0.2, 0.25) is 0 Å². The molecule has 1 N–H and O–H groups in total. The number of carbonyl (C=O) groups excluding carboxylic acids is 1. The molecule has 0 aliphatic carbocycles. The van der Waals surface area contributed by atoms with Crippen molar-refractivity contribution >= 4 is 22.6 Å². The topological polar surface area (TPSA) is 76.5 Å². The predicted molar refractivity (Wildman–Crippen MR) is 158 cm³/mol. The van der Waals surface area contributed by atoms with Gasteiger partial charge in [0, 0.05) is 12.2 Å². The molecule has 1 unspecified atom stereocenters. The van der Waals surface area contributed by atoms with Crippen LogP contribution in [-0.2, 0) is 0 Å². The second kappa shape index (κ2) is 12.2. The second-order valence-electron chi connectivity index (χ2n) is 10.2. The number of anilines is 1. The fraction of sp³-hybridized carbons (Fsp3) is 0.344. The van der Waals surface area contributed by atoms with Gasteiger partial charge in [0.05, 0.1) is 29.2 Å². The molecule has 1 atom stereocenters. The SMILES string of the molecule is CCOc1ccc(-n2c(C(CC)N(CC(C)C)C(=O)Nc3c(C)cccc3C)nc3ccccc3c2=O)cc1. The first-order valence-electron chi connectivity index (χ1n) is 13.6. The highest BCUT2D eigenvalue weighted by atomic mass is 16.5. The number of aryl methyl sites for hydroxylation is 2. The van der Waals surface area contributed by atoms with Gasteiger partial charge in [0.15, 0.2) is 0 Å². The molecule has 3 aromatic carbocycles. The van der Waals surface area contributed by atoms with E-state index in [0.29, 0.717) is 42.0 Å². The quantitative estimate of drug-likeness (QED) is 0.254. The number of ether oxygens (including phenoxy) is 1. The number of hydrogen-bond acceptors (Lipinski definition) is 4. The monoisotopic (exact) mass is 526 g/mol. The number of carbonyl (C=O) groups is 1. The first-order valence-corrected chi connectivity index (χ1v) is 13.6. The Hall–Kier alpha value is -4.13. The molecule has 0 fully saturated rings. The maximum Gasteiger partial charge on any atom is 0.322 e. The van der Waals surface area contributed by atoms with Crippen LogP contribution in [0, 0.1) is 19.8 Å². The standard InChI is InChI=1S/C32H38N4O3/c1-7-28(35(20-21(3)4)32(38)34-29-22(5)12-11-13-23(29)6)30-33-27-15-10-9-14-26(27)31(37)36(30)24-16-18-25(19-17-24)39-8-2/h9-19,21,28H,7-8,20H2,1-6H3,(H,34,38). The number of aromatic nitrogens is 2. The van der Waals surface area contributed by atoms with E-state index in [-0.39, 0.29) is 17.5 Å². The van der Waals surface area contributed by atoms with E-state index in [1.54, 1.807) is 10.6 Å². The summed E-state index contributed by atoms with van der Waals surface area (Å²) in [5.41, 5.74) is 3.92. The largest absolute Gasteiger partial charge is 0.494 e. The molecule has 0 bridgehead atoms. The van der Waals surface area contributed by atoms with Crippen LogP contribution in [0.1, 0.15) is 57.1 Å². The van der Waals surface area contributed by atoms with Crippen molar-refractivity contribution in [3.63, 3.8) is 0 Å². The van der Waals surface area contributed by atoms with E-state index in [2.05, 4.69) is 19.2 Å². The van der Waals surface area contributed by atoms with Gasteiger partial charge >= 0.3 is 6.03 Å². The van der Waals surface area contributed by atoms with Crippen LogP contribution in [0.2, 0.25) is 0 Å². The van der Waals surface area contributed by atoms with Crippen LogP contribution < -0.4 is 15.6 Å². The van der Waals surface area contributed by atoms with Crippen LogP contribution in [-0.4, -0.2) is 33.6 Å². The minimum absolute atomic E-state index is 0.169. The summed E-state index contributed by atoms with van der Waals surface area (Å²) in [6, 6.07) is 20.1. The summed E-state index contributed by atoms with van der Waals surface area (Å²) in [6.07, 6.45) is 0.578. The lowest BCUT2D eigenvalue weighted by Gasteiger charge is -2.34. The van der Waals surface area contributed by atoms with Crippen molar-refractivity contribution in [1.82, 2.24) is 14.5 Å². The number of hydrogen-bond donors (Lipinski definition) is 1. The number of nitrogens with one attached hydrogen (secondary N) is 1. The Morgan fingerprint density at radius 3 is 2.26 bits per heavy atom. The van der Waals surface area contributed by atoms with Gasteiger partial charge in [-0.15, -0.1) is 0 Å². The van der Waals surface area contributed by atoms with E-state index in [4.69, 9.17) is 9.72 Å². The summed E-state index contributed by atoms with van der Waals surface area (Å²) in [5, 5.41) is 3.68. The lowest BCUT2D eigenvalue weighted by molar-refractivity contribution is 0.171. The van der Waals surface area contributed by atoms with E-state index >= 15 is 0 Å². The van der Waals surface area contributed by atoms with E-state index < -0.39 is 6.04 Å². The summed E-state index contributed by atoms with van der Waals surface area (Å²) in [5.74, 6) is 1.46. The van der Waals surface area contributed by atoms with Gasteiger partial charge in [-0.05, 0) is 80.6 Å². The van der Waals surface area contributed by atoms with Gasteiger partial charge in [-0.1, -0.05) is 51.1 Å². The molecule has 7 nitrogen and oxygen atoms in total. The van der Waals surface area contributed by atoms with Gasteiger partial charge in [-0.3, -0.25) is 9.36 Å². The van der Waals surface area contributed by atoms with Gasteiger partial charge in [-0.2, -0.15) is 0 Å². The number of fused-ring (bicyclic) bond motifs is 1. The van der Waals surface area contributed by atoms with Crippen LogP contribution in [0.25, 0.3) is 16.6 Å². The summed E-state index contributed by atoms with van der Waals surface area (Å²) in [4.78, 5) is 34.7. The Bertz CT molecular complexity index is 1490. The maximum atomic E-state index is 13.9. The fourth-order valence-corrected chi connectivity index (χ4v) is 4.96. The predicted octanol–water partition coefficient (Wildman–Crippen LogP) is 7.04. The average molecular weight is 527 g/mol. The van der Waals surface area contributed by atoms with Crippen LogP contribution in [0.4, 0.5) is 10.5 Å². The minimum Gasteiger partial charge on any atom is -0.494 e. The molecule has 0 saturated carbocycles. The third-order valence-electron chi connectivity index (χ3n) is 6.80. The highest BCUT2D eigenvalue weighted by molar-refractivity contribution is 5.91. The number of rotatable bonds is 9. The fourth-order valence-electron chi connectivity index (χ4n) is 4.96. The van der Waals surface area contributed by atoms with Gasteiger partial charge in [0.1, 0.15) is 11.6 Å². The maximum absolute atomic E-state index is 13.9. The van der Waals surface area contributed by atoms with Crippen LogP contribution in [0.15, 0.2) is 71.5 Å². The molecule has 0 radical (unpaired) electrons. The molecular formula is C32H38N4O3. The summed E-state index contributed by atoms with van der Waals surface area (Å²) >= 11 is 0. The van der Waals surface area contributed by atoms with Crippen molar-refractivity contribution in [1.29, 1.82) is 0 Å². The molecule has 1 heterocycles. The van der Waals surface area contributed by atoms with Crippen molar-refractivity contribution in [3.8, 4) is 11.4 Å². The first kappa shape index (κ1) is 27.9. The van der Waals surface area contributed by atoms with Crippen molar-refractivity contribution in [3.05, 3.63) is 94.0 Å². The molecule has 0 aliphatic heterocycles. The number of nitrogens with zero attached hydrogens (tertiary/aromatic N) is 3. The Kier molecular flexibility index (Phi) is 8.69. The third-order valence-corrected chi connectivity index (χ3v) is 6.80. The summed E-state index contributed by atoms with van der Waals surface area (Å²) in [7, 11) is 0. The van der Waals surface area contributed by atoms with E-state index in [1.807, 2.05) is 93.3 Å². The average Bonchev–Trinajstić information content (AvgIpc) is 2.91. The summed E-state index contributed by atoms with van der Waals surface area (Å²) in [6.45, 7) is 13.2. The highest BCUT2D eigenvalue weighted by Gasteiger charge is 2.30. The van der Waals surface area contributed by atoms with Crippen molar-refractivity contribution in [2.75, 3.05) is 18.5 Å². The lowest BCUT2D eigenvalue weighted by Crippen LogP contribution is -2.42. The molecule has 0 spiro atoms. The van der Waals surface area contributed by atoms with E-state index in [1.165, 1.54) is 0 Å². The van der Waals surface area contributed by atoms with Crippen molar-refractivity contribution in [2.24, 2.45) is 5.92 Å². The lowest BCUT2D eigenvalue weighted by atomic mass is 10.1. The zero-order valence-corrected chi connectivity index (χ0v) is 23.7.